The van der Waals surface area contributed by atoms with Crippen LogP contribution in [0.15, 0.2) is 90.1 Å². The van der Waals surface area contributed by atoms with Gasteiger partial charge >= 0.3 is 0 Å². The van der Waals surface area contributed by atoms with Crippen molar-refractivity contribution in [3.63, 3.8) is 0 Å². The van der Waals surface area contributed by atoms with Crippen molar-refractivity contribution in [3.8, 4) is 40.1 Å². The van der Waals surface area contributed by atoms with Crippen molar-refractivity contribution >= 4 is 0 Å². The van der Waals surface area contributed by atoms with E-state index in [0.717, 1.165) is 11.4 Å². The highest BCUT2D eigenvalue weighted by Crippen LogP contribution is 2.28. The summed E-state index contributed by atoms with van der Waals surface area (Å²) < 4.78 is 15.9. The van der Waals surface area contributed by atoms with E-state index in [4.69, 9.17) is 9.47 Å². The van der Waals surface area contributed by atoms with Gasteiger partial charge in [0.25, 0.3) is 0 Å². The van der Waals surface area contributed by atoms with Crippen LogP contribution in [-0.2, 0) is 0 Å². The van der Waals surface area contributed by atoms with Crippen LogP contribution in [0.3, 0.4) is 0 Å². The summed E-state index contributed by atoms with van der Waals surface area (Å²) in [5.41, 5.74) is 2.93. The molecule has 0 unspecified atom stereocenters. The molecule has 33 heavy (non-hydrogen) atoms. The average molecular weight is 440 g/mol. The lowest BCUT2D eigenvalue weighted by atomic mass is 10.2. The fraction of sp³-hybridized carbons (Fsp3) is 0.0833. The quantitative estimate of drug-likeness (QED) is 0.403. The van der Waals surface area contributed by atoms with Crippen LogP contribution in [0, 0.1) is 0 Å². The molecule has 3 aromatic heterocycles. The molecule has 5 aromatic rings. The molecule has 0 atom stereocenters. The Hall–Kier alpha value is -4.66. The maximum absolute atomic E-state index is 12.7. The number of rotatable bonds is 6. The molecule has 0 radical (unpaired) electrons. The van der Waals surface area contributed by atoms with Gasteiger partial charge in [-0.2, -0.15) is 15.3 Å². The van der Waals surface area contributed by atoms with Gasteiger partial charge in [0, 0.05) is 24.4 Å². The molecule has 0 amide bonds. The molecule has 0 aliphatic rings. The summed E-state index contributed by atoms with van der Waals surface area (Å²) in [6.45, 7) is 0. The number of ether oxygens (including phenoxy) is 2. The van der Waals surface area contributed by atoms with Crippen molar-refractivity contribution in [3.05, 3.63) is 95.5 Å². The van der Waals surface area contributed by atoms with Gasteiger partial charge in [-0.15, -0.1) is 0 Å². The van der Waals surface area contributed by atoms with Gasteiger partial charge < -0.3 is 9.47 Å². The van der Waals surface area contributed by atoms with Crippen molar-refractivity contribution in [1.29, 1.82) is 0 Å². The van der Waals surface area contributed by atoms with Gasteiger partial charge in [-0.1, -0.05) is 18.2 Å². The minimum atomic E-state index is -0.208. The van der Waals surface area contributed by atoms with E-state index in [1.807, 2.05) is 48.5 Å². The Morgan fingerprint density at radius 1 is 0.788 bits per heavy atom. The van der Waals surface area contributed by atoms with Gasteiger partial charge in [-0.25, -0.2) is 14.0 Å². The van der Waals surface area contributed by atoms with E-state index in [1.54, 1.807) is 59.0 Å². The molecule has 0 aliphatic heterocycles. The summed E-state index contributed by atoms with van der Waals surface area (Å²) >= 11 is 0. The lowest BCUT2D eigenvalue weighted by molar-refractivity contribution is 0.382. The van der Waals surface area contributed by atoms with Crippen molar-refractivity contribution in [1.82, 2.24) is 29.3 Å². The van der Waals surface area contributed by atoms with Crippen molar-refractivity contribution in [2.75, 3.05) is 14.2 Å². The SMILES string of the molecule is COc1cc(-n2nccc2OC)ccc1-n1ccc(=O)c(-c2ccnn2-c2ccccc2)n1. The Kier molecular flexibility index (Phi) is 5.19. The van der Waals surface area contributed by atoms with Gasteiger partial charge in [-0.3, -0.25) is 4.79 Å². The molecule has 9 heteroatoms. The third kappa shape index (κ3) is 3.65. The zero-order chi connectivity index (χ0) is 22.8. The molecule has 5 rings (SSSR count). The average Bonchev–Trinajstić information content (AvgIpc) is 3.54. The lowest BCUT2D eigenvalue weighted by Gasteiger charge is -2.14. The molecular formula is C24H20N6O3. The normalized spacial score (nSPS) is 10.8. The summed E-state index contributed by atoms with van der Waals surface area (Å²) in [5, 5.41) is 13.3. The molecule has 0 fully saturated rings. The van der Waals surface area contributed by atoms with Crippen LogP contribution in [0.25, 0.3) is 28.5 Å². The fourth-order valence-electron chi connectivity index (χ4n) is 3.60. The molecule has 0 N–H and O–H groups in total. The number of para-hydroxylation sites is 1. The van der Waals surface area contributed by atoms with E-state index in [-0.39, 0.29) is 11.1 Å². The second-order valence-corrected chi connectivity index (χ2v) is 7.08. The van der Waals surface area contributed by atoms with Gasteiger partial charge in [0.05, 0.1) is 43.7 Å². The van der Waals surface area contributed by atoms with Crippen LogP contribution in [-0.4, -0.2) is 43.6 Å². The third-order valence-corrected chi connectivity index (χ3v) is 5.17. The minimum absolute atomic E-state index is 0.208. The molecule has 0 saturated carbocycles. The number of benzene rings is 2. The number of aromatic nitrogens is 6. The number of methoxy groups -OCH3 is 2. The van der Waals surface area contributed by atoms with Gasteiger partial charge in [-0.05, 0) is 30.3 Å². The minimum Gasteiger partial charge on any atom is -0.494 e. The van der Waals surface area contributed by atoms with Gasteiger partial charge in [0.1, 0.15) is 11.4 Å². The number of hydrogen-bond donors (Lipinski definition) is 0. The summed E-state index contributed by atoms with van der Waals surface area (Å²) in [7, 11) is 3.17. The maximum atomic E-state index is 12.7. The van der Waals surface area contributed by atoms with Crippen molar-refractivity contribution in [2.45, 2.75) is 0 Å². The van der Waals surface area contributed by atoms with E-state index in [9.17, 15) is 4.79 Å². The summed E-state index contributed by atoms with van der Waals surface area (Å²) in [5.74, 6) is 1.16. The molecule has 9 nitrogen and oxygen atoms in total. The molecule has 0 bridgehead atoms. The largest absolute Gasteiger partial charge is 0.494 e. The Morgan fingerprint density at radius 3 is 2.36 bits per heavy atom. The summed E-state index contributed by atoms with van der Waals surface area (Å²) in [6.07, 6.45) is 4.92. The summed E-state index contributed by atoms with van der Waals surface area (Å²) in [4.78, 5) is 12.7. The Morgan fingerprint density at radius 2 is 1.58 bits per heavy atom. The predicted molar refractivity (Wildman–Crippen MR) is 123 cm³/mol. The van der Waals surface area contributed by atoms with Gasteiger partial charge in [0.15, 0.2) is 5.69 Å². The molecular weight excluding hydrogens is 420 g/mol. The maximum Gasteiger partial charge on any atom is 0.216 e. The van der Waals surface area contributed by atoms with Crippen LogP contribution in [0.1, 0.15) is 0 Å². The van der Waals surface area contributed by atoms with E-state index in [0.29, 0.717) is 23.0 Å². The topological polar surface area (TPSA) is 89.0 Å². The van der Waals surface area contributed by atoms with Crippen molar-refractivity contribution in [2.24, 2.45) is 0 Å². The zero-order valence-corrected chi connectivity index (χ0v) is 18.0. The molecule has 2 aromatic carbocycles. The van der Waals surface area contributed by atoms with E-state index >= 15 is 0 Å². The fourth-order valence-corrected chi connectivity index (χ4v) is 3.60. The van der Waals surface area contributed by atoms with E-state index in [2.05, 4.69) is 15.3 Å². The Labute approximate surface area is 189 Å². The molecule has 0 spiro atoms. The Bertz CT molecular complexity index is 1470. The standard InChI is InChI=1S/C24H20N6O3/c1-32-22-16-18(30-23(33-2)11-14-26-30)8-9-19(22)28-15-12-21(31)24(27-28)20-10-13-25-29(20)17-6-4-3-5-7-17/h3-16H,1-2H3. The van der Waals surface area contributed by atoms with Crippen LogP contribution < -0.4 is 14.9 Å². The van der Waals surface area contributed by atoms with Crippen LogP contribution in [0.4, 0.5) is 0 Å². The predicted octanol–water partition coefficient (Wildman–Crippen LogP) is 3.29. The third-order valence-electron chi connectivity index (χ3n) is 5.17. The van der Waals surface area contributed by atoms with Gasteiger partial charge in [0.2, 0.25) is 11.3 Å². The van der Waals surface area contributed by atoms with Crippen LogP contribution in [0.5, 0.6) is 11.6 Å². The second kappa shape index (κ2) is 8.46. The monoisotopic (exact) mass is 440 g/mol. The summed E-state index contributed by atoms with van der Waals surface area (Å²) in [6, 6.07) is 20.2. The number of hydrogen-bond acceptors (Lipinski definition) is 6. The first-order valence-electron chi connectivity index (χ1n) is 10.2. The highest BCUT2D eigenvalue weighted by Gasteiger charge is 2.16. The zero-order valence-electron chi connectivity index (χ0n) is 18.0. The smallest absolute Gasteiger partial charge is 0.216 e. The van der Waals surface area contributed by atoms with E-state index < -0.39 is 0 Å². The number of nitrogens with zero attached hydrogens (tertiary/aromatic N) is 6. The highest BCUT2D eigenvalue weighted by atomic mass is 16.5. The molecule has 164 valence electrons. The molecule has 0 aliphatic carbocycles. The van der Waals surface area contributed by atoms with Crippen LogP contribution in [0.2, 0.25) is 0 Å². The molecule has 3 heterocycles. The first-order valence-corrected chi connectivity index (χ1v) is 10.2. The van der Waals surface area contributed by atoms with Crippen LogP contribution >= 0.6 is 0 Å². The first kappa shape index (κ1) is 20.3. The first-order chi connectivity index (χ1) is 16.2. The highest BCUT2D eigenvalue weighted by molar-refractivity contribution is 5.58. The lowest BCUT2D eigenvalue weighted by Crippen LogP contribution is -2.15. The Balaban J connectivity index is 1.60. The molecule has 0 saturated heterocycles. The second-order valence-electron chi connectivity index (χ2n) is 7.08. The van der Waals surface area contributed by atoms with E-state index in [1.165, 1.54) is 6.07 Å². The van der Waals surface area contributed by atoms with Crippen molar-refractivity contribution < 1.29 is 9.47 Å².